The third kappa shape index (κ3) is 4.25. The molecule has 2 aromatic carbocycles. The third-order valence-electron chi connectivity index (χ3n) is 6.15. The summed E-state index contributed by atoms with van der Waals surface area (Å²) in [5.74, 6) is 0.835. The van der Waals surface area contributed by atoms with Crippen molar-refractivity contribution in [3.05, 3.63) is 59.4 Å². The molecule has 32 heavy (non-hydrogen) atoms. The lowest BCUT2D eigenvalue weighted by molar-refractivity contribution is -0.122. The Morgan fingerprint density at radius 2 is 1.94 bits per heavy atom. The van der Waals surface area contributed by atoms with Gasteiger partial charge in [-0.3, -0.25) is 9.59 Å². The van der Waals surface area contributed by atoms with Crippen LogP contribution in [-0.2, 0) is 9.59 Å². The van der Waals surface area contributed by atoms with E-state index in [1.165, 1.54) is 12.8 Å². The zero-order valence-electron chi connectivity index (χ0n) is 17.5. The molecule has 1 aromatic heterocycles. The maximum Gasteiger partial charge on any atom is 0.230 e. The molecule has 1 saturated heterocycles. The number of halogens is 1. The van der Waals surface area contributed by atoms with Gasteiger partial charge < -0.3 is 14.7 Å². The standard InChI is InChI=1S/C24H23ClN4O3/c25-18-8-4-10-20(13-18)29-14-17(12-21(29)30)23(31)26-19-9-3-7-16(11-19)22-27-24(32-28-22)15-5-1-2-6-15/h3-4,7-11,13,15,17H,1-2,5-6,12,14H2,(H,26,31). The van der Waals surface area contributed by atoms with Crippen molar-refractivity contribution in [2.45, 2.75) is 38.0 Å². The van der Waals surface area contributed by atoms with E-state index < -0.39 is 5.92 Å². The summed E-state index contributed by atoms with van der Waals surface area (Å²) in [6.45, 7) is 0.320. The van der Waals surface area contributed by atoms with Gasteiger partial charge >= 0.3 is 0 Å². The van der Waals surface area contributed by atoms with Crippen LogP contribution in [0.2, 0.25) is 5.02 Å². The lowest BCUT2D eigenvalue weighted by Crippen LogP contribution is -2.28. The van der Waals surface area contributed by atoms with Gasteiger partial charge in [0, 0.05) is 40.8 Å². The second-order valence-corrected chi connectivity index (χ2v) is 8.83. The van der Waals surface area contributed by atoms with Crippen LogP contribution in [-0.4, -0.2) is 28.5 Å². The maximum atomic E-state index is 12.9. The maximum absolute atomic E-state index is 12.9. The fourth-order valence-corrected chi connectivity index (χ4v) is 4.63. The molecule has 2 amide bonds. The average Bonchev–Trinajstić information content (AvgIpc) is 3.54. The van der Waals surface area contributed by atoms with Crippen molar-refractivity contribution in [1.82, 2.24) is 10.1 Å². The van der Waals surface area contributed by atoms with Gasteiger partial charge in [0.1, 0.15) is 0 Å². The van der Waals surface area contributed by atoms with Crippen LogP contribution in [0.3, 0.4) is 0 Å². The molecule has 2 fully saturated rings. The summed E-state index contributed by atoms with van der Waals surface area (Å²) in [5.41, 5.74) is 2.11. The van der Waals surface area contributed by atoms with Crippen LogP contribution in [0.4, 0.5) is 11.4 Å². The molecule has 1 atom stereocenters. The molecule has 7 nitrogen and oxygen atoms in total. The number of hydrogen-bond donors (Lipinski definition) is 1. The number of benzene rings is 2. The molecule has 3 aromatic rings. The second kappa shape index (κ2) is 8.74. The lowest BCUT2D eigenvalue weighted by Gasteiger charge is -2.17. The number of nitrogens with one attached hydrogen (secondary N) is 1. The largest absolute Gasteiger partial charge is 0.339 e. The van der Waals surface area contributed by atoms with Crippen LogP contribution >= 0.6 is 11.6 Å². The summed E-state index contributed by atoms with van der Waals surface area (Å²) in [4.78, 5) is 31.5. The highest BCUT2D eigenvalue weighted by Crippen LogP contribution is 2.34. The minimum atomic E-state index is -0.440. The number of amides is 2. The Balaban J connectivity index is 1.27. The summed E-state index contributed by atoms with van der Waals surface area (Å²) in [6.07, 6.45) is 4.73. The SMILES string of the molecule is O=C(Nc1cccc(-c2noc(C3CCCC3)n2)c1)C1CC(=O)N(c2cccc(Cl)c2)C1. The molecule has 0 radical (unpaired) electrons. The van der Waals surface area contributed by atoms with Crippen LogP contribution in [0.15, 0.2) is 53.1 Å². The molecule has 2 aliphatic rings. The van der Waals surface area contributed by atoms with Gasteiger partial charge in [-0.1, -0.05) is 47.8 Å². The van der Waals surface area contributed by atoms with Crippen LogP contribution in [0.25, 0.3) is 11.4 Å². The zero-order chi connectivity index (χ0) is 22.1. The van der Waals surface area contributed by atoms with E-state index in [4.69, 9.17) is 16.1 Å². The Bertz CT molecular complexity index is 1160. The molecule has 164 valence electrons. The van der Waals surface area contributed by atoms with Crippen molar-refractivity contribution < 1.29 is 14.1 Å². The van der Waals surface area contributed by atoms with Crippen LogP contribution < -0.4 is 10.2 Å². The number of nitrogens with zero attached hydrogens (tertiary/aromatic N) is 3. The molecule has 5 rings (SSSR count). The second-order valence-electron chi connectivity index (χ2n) is 8.39. The summed E-state index contributed by atoms with van der Waals surface area (Å²) in [5, 5.41) is 7.61. The molecule has 1 N–H and O–H groups in total. The van der Waals surface area contributed by atoms with Gasteiger partial charge in [-0.05, 0) is 43.2 Å². The first-order valence-corrected chi connectivity index (χ1v) is 11.3. The number of anilines is 2. The molecular formula is C24H23ClN4O3. The molecule has 1 saturated carbocycles. The molecule has 8 heteroatoms. The van der Waals surface area contributed by atoms with E-state index in [-0.39, 0.29) is 18.2 Å². The first kappa shape index (κ1) is 20.7. The van der Waals surface area contributed by atoms with E-state index in [0.717, 1.165) is 18.4 Å². The summed E-state index contributed by atoms with van der Waals surface area (Å²) < 4.78 is 5.48. The van der Waals surface area contributed by atoms with Gasteiger partial charge in [-0.2, -0.15) is 4.98 Å². The molecule has 1 unspecified atom stereocenters. The van der Waals surface area contributed by atoms with Crippen molar-refractivity contribution in [3.63, 3.8) is 0 Å². The van der Waals surface area contributed by atoms with Crippen molar-refractivity contribution in [3.8, 4) is 11.4 Å². The van der Waals surface area contributed by atoms with Gasteiger partial charge in [0.05, 0.1) is 5.92 Å². The van der Waals surface area contributed by atoms with Crippen molar-refractivity contribution in [2.75, 3.05) is 16.8 Å². The Morgan fingerprint density at radius 3 is 2.75 bits per heavy atom. The molecule has 0 bridgehead atoms. The number of hydrogen-bond acceptors (Lipinski definition) is 5. The highest BCUT2D eigenvalue weighted by atomic mass is 35.5. The fraction of sp³-hybridized carbons (Fsp3) is 0.333. The highest BCUT2D eigenvalue weighted by Gasteiger charge is 2.35. The number of aromatic nitrogens is 2. The lowest BCUT2D eigenvalue weighted by atomic mass is 10.1. The Kier molecular flexibility index (Phi) is 5.66. The monoisotopic (exact) mass is 450 g/mol. The summed E-state index contributed by atoms with van der Waals surface area (Å²) in [7, 11) is 0. The van der Waals surface area contributed by atoms with Gasteiger partial charge in [0.2, 0.25) is 23.5 Å². The van der Waals surface area contributed by atoms with E-state index in [1.807, 2.05) is 30.3 Å². The first-order valence-electron chi connectivity index (χ1n) is 10.9. The number of carbonyl (C=O) groups excluding carboxylic acids is 2. The topological polar surface area (TPSA) is 88.3 Å². The van der Waals surface area contributed by atoms with E-state index >= 15 is 0 Å². The van der Waals surface area contributed by atoms with Crippen LogP contribution in [0, 0.1) is 5.92 Å². The van der Waals surface area contributed by atoms with Crippen LogP contribution in [0.5, 0.6) is 0 Å². The van der Waals surface area contributed by atoms with Gasteiger partial charge in [0.25, 0.3) is 0 Å². The first-order chi connectivity index (χ1) is 15.6. The van der Waals surface area contributed by atoms with E-state index in [0.29, 0.717) is 40.6 Å². The zero-order valence-corrected chi connectivity index (χ0v) is 18.2. The Labute approximate surface area is 190 Å². The fourth-order valence-electron chi connectivity index (χ4n) is 4.45. The molecule has 0 spiro atoms. The minimum absolute atomic E-state index is 0.0904. The van der Waals surface area contributed by atoms with Gasteiger partial charge in [-0.25, -0.2) is 0 Å². The van der Waals surface area contributed by atoms with E-state index in [1.54, 1.807) is 23.1 Å². The van der Waals surface area contributed by atoms with Gasteiger partial charge in [-0.15, -0.1) is 0 Å². The Morgan fingerprint density at radius 1 is 1.12 bits per heavy atom. The average molecular weight is 451 g/mol. The van der Waals surface area contributed by atoms with Crippen molar-refractivity contribution in [1.29, 1.82) is 0 Å². The predicted molar refractivity (Wildman–Crippen MR) is 121 cm³/mol. The highest BCUT2D eigenvalue weighted by molar-refractivity contribution is 6.31. The van der Waals surface area contributed by atoms with E-state index in [2.05, 4.69) is 15.5 Å². The molecule has 1 aliphatic heterocycles. The molecular weight excluding hydrogens is 428 g/mol. The Hall–Kier alpha value is -3.19. The normalized spacial score (nSPS) is 19.0. The predicted octanol–water partition coefficient (Wildman–Crippen LogP) is 5.04. The molecule has 2 heterocycles. The number of carbonyl (C=O) groups is 2. The number of rotatable bonds is 5. The summed E-state index contributed by atoms with van der Waals surface area (Å²) >= 11 is 6.05. The van der Waals surface area contributed by atoms with Gasteiger partial charge in [0.15, 0.2) is 0 Å². The molecule has 1 aliphatic carbocycles. The minimum Gasteiger partial charge on any atom is -0.339 e. The van der Waals surface area contributed by atoms with Crippen LogP contribution in [0.1, 0.15) is 43.9 Å². The summed E-state index contributed by atoms with van der Waals surface area (Å²) in [6, 6.07) is 14.5. The van der Waals surface area contributed by atoms with Crippen molar-refractivity contribution in [2.24, 2.45) is 5.92 Å². The van der Waals surface area contributed by atoms with E-state index in [9.17, 15) is 9.59 Å². The smallest absolute Gasteiger partial charge is 0.230 e. The van der Waals surface area contributed by atoms with Crippen molar-refractivity contribution >= 4 is 34.8 Å². The quantitative estimate of drug-likeness (QED) is 0.588. The third-order valence-corrected chi connectivity index (χ3v) is 6.39.